The average Bonchev–Trinajstić information content (AvgIpc) is 3.06. The lowest BCUT2D eigenvalue weighted by molar-refractivity contribution is 0.224. The van der Waals surface area contributed by atoms with Gasteiger partial charge in [-0.25, -0.2) is 4.98 Å². The van der Waals surface area contributed by atoms with Crippen molar-refractivity contribution in [2.45, 2.75) is 52.7 Å². The van der Waals surface area contributed by atoms with Crippen LogP contribution in [0, 0.1) is 6.92 Å². The van der Waals surface area contributed by atoms with Gasteiger partial charge in [0.1, 0.15) is 17.6 Å². The van der Waals surface area contributed by atoms with Gasteiger partial charge in [-0.3, -0.25) is 4.99 Å². The van der Waals surface area contributed by atoms with Crippen LogP contribution in [0.2, 0.25) is 0 Å². The molecule has 0 amide bonds. The summed E-state index contributed by atoms with van der Waals surface area (Å²) >= 11 is 0. The number of rotatable bonds is 6. The normalized spacial score (nSPS) is 12.9. The molecule has 0 saturated heterocycles. The minimum Gasteiger partial charge on any atom is -0.489 e. The van der Waals surface area contributed by atoms with E-state index in [0.29, 0.717) is 24.9 Å². The predicted molar refractivity (Wildman–Crippen MR) is 120 cm³/mol. The number of ether oxygens (including phenoxy) is 1. The summed E-state index contributed by atoms with van der Waals surface area (Å²) in [6, 6.07) is 8.04. The van der Waals surface area contributed by atoms with Crippen molar-refractivity contribution in [2.24, 2.45) is 4.99 Å². The standard InChI is InChI=1S/C20H30N4O2.HI/c1-14-7-9-16(10-8-14)25-15(2)11-23-19(21-6)24-13-18-22-12-17(26-18)20(3,4)5;/h7-10,12,15H,11,13H2,1-6H3,(H2,21,23,24);1H. The van der Waals surface area contributed by atoms with E-state index in [9.17, 15) is 0 Å². The number of nitrogens with one attached hydrogen (secondary N) is 2. The Labute approximate surface area is 179 Å². The van der Waals surface area contributed by atoms with Gasteiger partial charge in [-0.2, -0.15) is 0 Å². The fourth-order valence-corrected chi connectivity index (χ4v) is 2.25. The van der Waals surface area contributed by atoms with Gasteiger partial charge in [0.2, 0.25) is 5.89 Å². The van der Waals surface area contributed by atoms with Crippen molar-refractivity contribution in [3.8, 4) is 5.75 Å². The number of nitrogens with zero attached hydrogens (tertiary/aromatic N) is 2. The zero-order valence-electron chi connectivity index (χ0n) is 17.0. The molecule has 7 heteroatoms. The van der Waals surface area contributed by atoms with Crippen LogP contribution in [0.3, 0.4) is 0 Å². The highest BCUT2D eigenvalue weighted by Gasteiger charge is 2.19. The van der Waals surface area contributed by atoms with Gasteiger partial charge >= 0.3 is 0 Å². The maximum absolute atomic E-state index is 5.89. The van der Waals surface area contributed by atoms with E-state index in [1.165, 1.54) is 5.56 Å². The summed E-state index contributed by atoms with van der Waals surface area (Å²) in [6.45, 7) is 11.5. The van der Waals surface area contributed by atoms with E-state index in [4.69, 9.17) is 9.15 Å². The molecular weight excluding hydrogens is 455 g/mol. The molecule has 1 heterocycles. The Hall–Kier alpha value is -1.77. The quantitative estimate of drug-likeness (QED) is 0.367. The molecule has 0 aliphatic carbocycles. The van der Waals surface area contributed by atoms with E-state index in [0.717, 1.165) is 11.5 Å². The first-order chi connectivity index (χ1) is 12.3. The van der Waals surface area contributed by atoms with Gasteiger partial charge in [0, 0.05) is 12.5 Å². The smallest absolute Gasteiger partial charge is 0.213 e. The summed E-state index contributed by atoms with van der Waals surface area (Å²) in [4.78, 5) is 8.53. The minimum absolute atomic E-state index is 0. The second-order valence-electron chi connectivity index (χ2n) is 7.42. The van der Waals surface area contributed by atoms with E-state index >= 15 is 0 Å². The van der Waals surface area contributed by atoms with Gasteiger partial charge in [-0.1, -0.05) is 38.5 Å². The molecule has 0 aliphatic heterocycles. The fraction of sp³-hybridized carbons (Fsp3) is 0.500. The number of hydrogen-bond acceptors (Lipinski definition) is 4. The number of halogens is 1. The molecule has 2 aromatic rings. The van der Waals surface area contributed by atoms with Crippen molar-refractivity contribution >= 4 is 29.9 Å². The lowest BCUT2D eigenvalue weighted by atomic mass is 9.94. The third-order valence-corrected chi connectivity index (χ3v) is 3.84. The van der Waals surface area contributed by atoms with Crippen molar-refractivity contribution in [3.63, 3.8) is 0 Å². The summed E-state index contributed by atoms with van der Waals surface area (Å²) in [6.07, 6.45) is 1.79. The Morgan fingerprint density at radius 2 is 1.89 bits per heavy atom. The van der Waals surface area contributed by atoms with E-state index in [1.54, 1.807) is 13.2 Å². The van der Waals surface area contributed by atoms with Gasteiger partial charge in [0.25, 0.3) is 0 Å². The van der Waals surface area contributed by atoms with Gasteiger partial charge in [0.05, 0.1) is 19.3 Å². The zero-order chi connectivity index (χ0) is 19.2. The molecular formula is C20H31IN4O2. The molecule has 2 N–H and O–H groups in total. The van der Waals surface area contributed by atoms with Gasteiger partial charge in [-0.05, 0) is 26.0 Å². The van der Waals surface area contributed by atoms with Crippen LogP contribution < -0.4 is 15.4 Å². The maximum atomic E-state index is 5.89. The topological polar surface area (TPSA) is 71.7 Å². The largest absolute Gasteiger partial charge is 0.489 e. The number of benzene rings is 1. The molecule has 0 radical (unpaired) electrons. The maximum Gasteiger partial charge on any atom is 0.213 e. The molecule has 0 aliphatic rings. The molecule has 0 saturated carbocycles. The Morgan fingerprint density at radius 1 is 1.22 bits per heavy atom. The summed E-state index contributed by atoms with van der Waals surface area (Å²) < 4.78 is 11.7. The lowest BCUT2D eigenvalue weighted by Gasteiger charge is -2.17. The van der Waals surface area contributed by atoms with Gasteiger partial charge < -0.3 is 19.8 Å². The summed E-state index contributed by atoms with van der Waals surface area (Å²) in [5.41, 5.74) is 1.17. The Morgan fingerprint density at radius 3 is 2.44 bits per heavy atom. The number of aliphatic imine (C=N–C) groups is 1. The first kappa shape index (κ1) is 23.3. The van der Waals surface area contributed by atoms with Crippen LogP contribution >= 0.6 is 24.0 Å². The SMILES string of the molecule is CN=C(NCc1ncc(C(C)(C)C)o1)NCC(C)Oc1ccc(C)cc1.I. The zero-order valence-corrected chi connectivity index (χ0v) is 19.3. The highest BCUT2D eigenvalue weighted by atomic mass is 127. The van der Waals surface area contributed by atoms with Crippen molar-refractivity contribution < 1.29 is 9.15 Å². The monoisotopic (exact) mass is 486 g/mol. The van der Waals surface area contributed by atoms with Crippen LogP contribution in [0.25, 0.3) is 0 Å². The molecule has 1 aromatic carbocycles. The molecule has 150 valence electrons. The second kappa shape index (κ2) is 10.5. The van der Waals surface area contributed by atoms with Crippen molar-refractivity contribution in [3.05, 3.63) is 47.7 Å². The highest BCUT2D eigenvalue weighted by molar-refractivity contribution is 14.0. The summed E-state index contributed by atoms with van der Waals surface area (Å²) in [5.74, 6) is 3.06. The van der Waals surface area contributed by atoms with Crippen LogP contribution in [0.4, 0.5) is 0 Å². The van der Waals surface area contributed by atoms with E-state index < -0.39 is 0 Å². The Bertz CT molecular complexity index is 720. The molecule has 0 bridgehead atoms. The molecule has 1 atom stereocenters. The van der Waals surface area contributed by atoms with E-state index in [1.807, 2.05) is 31.2 Å². The number of aryl methyl sites for hydroxylation is 1. The van der Waals surface area contributed by atoms with Crippen LogP contribution in [-0.2, 0) is 12.0 Å². The summed E-state index contributed by atoms with van der Waals surface area (Å²) in [7, 11) is 1.73. The molecule has 0 spiro atoms. The predicted octanol–water partition coefficient (Wildman–Crippen LogP) is 4.03. The molecule has 6 nitrogen and oxygen atoms in total. The summed E-state index contributed by atoms with van der Waals surface area (Å²) in [5, 5.41) is 6.46. The third kappa shape index (κ3) is 7.78. The van der Waals surface area contributed by atoms with Crippen molar-refractivity contribution in [2.75, 3.05) is 13.6 Å². The number of oxazole rings is 1. The Balaban J connectivity index is 0.00000364. The van der Waals surface area contributed by atoms with E-state index in [-0.39, 0.29) is 35.5 Å². The van der Waals surface area contributed by atoms with Crippen molar-refractivity contribution in [1.82, 2.24) is 15.6 Å². The van der Waals surface area contributed by atoms with Crippen molar-refractivity contribution in [1.29, 1.82) is 0 Å². The Kier molecular flexibility index (Phi) is 9.08. The van der Waals surface area contributed by atoms with Gasteiger partial charge in [0.15, 0.2) is 5.96 Å². The lowest BCUT2D eigenvalue weighted by Crippen LogP contribution is -2.41. The van der Waals surface area contributed by atoms with E-state index in [2.05, 4.69) is 48.3 Å². The van der Waals surface area contributed by atoms with Crippen LogP contribution in [0.15, 0.2) is 39.9 Å². The molecule has 0 fully saturated rings. The van der Waals surface area contributed by atoms with Crippen LogP contribution in [-0.4, -0.2) is 30.6 Å². The number of aromatic nitrogens is 1. The molecule has 2 rings (SSSR count). The molecule has 1 aromatic heterocycles. The molecule has 1 unspecified atom stereocenters. The average molecular weight is 486 g/mol. The third-order valence-electron chi connectivity index (χ3n) is 3.84. The minimum atomic E-state index is -0.0477. The second-order valence-corrected chi connectivity index (χ2v) is 7.42. The first-order valence-electron chi connectivity index (χ1n) is 8.91. The first-order valence-corrected chi connectivity index (χ1v) is 8.91. The van der Waals surface area contributed by atoms with Crippen LogP contribution in [0.1, 0.15) is 44.9 Å². The molecule has 27 heavy (non-hydrogen) atoms. The van der Waals surface area contributed by atoms with Crippen LogP contribution in [0.5, 0.6) is 5.75 Å². The number of guanidine groups is 1. The fourth-order valence-electron chi connectivity index (χ4n) is 2.25. The highest BCUT2D eigenvalue weighted by Crippen LogP contribution is 2.22. The number of hydrogen-bond donors (Lipinski definition) is 2. The van der Waals surface area contributed by atoms with Gasteiger partial charge in [-0.15, -0.1) is 24.0 Å².